The quantitative estimate of drug-likeness (QED) is 0.146. The van der Waals surface area contributed by atoms with E-state index >= 15 is 0 Å². The van der Waals surface area contributed by atoms with Crippen molar-refractivity contribution in [2.45, 2.75) is 154 Å². The molecule has 3 aliphatic heterocycles. The van der Waals surface area contributed by atoms with Gasteiger partial charge in [0.25, 0.3) is 0 Å². The lowest BCUT2D eigenvalue weighted by molar-refractivity contribution is -0.142. The summed E-state index contributed by atoms with van der Waals surface area (Å²) in [7, 11) is 3.42. The number of hydrogen-bond acceptors (Lipinski definition) is 10. The van der Waals surface area contributed by atoms with Crippen LogP contribution >= 0.6 is 0 Å². The van der Waals surface area contributed by atoms with Crippen molar-refractivity contribution in [2.24, 2.45) is 11.8 Å². The molecule has 6 amide bonds. The molecule has 372 valence electrons. The van der Waals surface area contributed by atoms with Crippen LogP contribution < -0.4 is 41.7 Å². The van der Waals surface area contributed by atoms with Gasteiger partial charge in [0.2, 0.25) is 35.4 Å². The number of piperazine rings is 1. The van der Waals surface area contributed by atoms with Gasteiger partial charge in [-0.2, -0.15) is 0 Å². The van der Waals surface area contributed by atoms with Crippen LogP contribution in [0.3, 0.4) is 0 Å². The maximum atomic E-state index is 14.1. The summed E-state index contributed by atoms with van der Waals surface area (Å²) in [5, 5.41) is 18.5. The summed E-state index contributed by atoms with van der Waals surface area (Å²) in [4.78, 5) is 89.8. The molecule has 3 heterocycles. The fraction of sp³-hybridized carbons (Fsp3) is 0.654. The van der Waals surface area contributed by atoms with Gasteiger partial charge in [-0.25, -0.2) is 0 Å². The predicted octanol–water partition coefficient (Wildman–Crippen LogP) is 3.48. The van der Waals surface area contributed by atoms with Crippen molar-refractivity contribution in [2.75, 3.05) is 63.2 Å². The highest BCUT2D eigenvalue weighted by Crippen LogP contribution is 2.39. The molecule has 2 aromatic rings. The number of amides is 6. The first-order valence-electron chi connectivity index (χ1n) is 25.5. The summed E-state index contributed by atoms with van der Waals surface area (Å²) in [6.07, 6.45) is 8.07. The minimum absolute atomic E-state index is 0.133. The molecule has 8 atom stereocenters. The minimum Gasteiger partial charge on any atom is -0.368 e. The average molecular weight is 939 g/mol. The number of benzene rings is 2. The van der Waals surface area contributed by atoms with Gasteiger partial charge in [0.1, 0.15) is 24.2 Å². The van der Waals surface area contributed by atoms with Crippen molar-refractivity contribution in [3.63, 3.8) is 0 Å². The third-order valence-electron chi connectivity index (χ3n) is 15.3. The van der Waals surface area contributed by atoms with Crippen molar-refractivity contribution in [1.82, 2.24) is 41.7 Å². The van der Waals surface area contributed by atoms with Gasteiger partial charge < -0.3 is 51.5 Å². The summed E-state index contributed by atoms with van der Waals surface area (Å²) in [6.45, 7) is 15.5. The fourth-order valence-corrected chi connectivity index (χ4v) is 11.1. The number of fused-ring (bicyclic) bond motifs is 2. The summed E-state index contributed by atoms with van der Waals surface area (Å²) in [5.41, 5.74) is 7.30. The standard InChI is InChI=1S/C52H78N10O6/c1-31(2)45(57-47(63)33(5)53-7)51(67)61-25-13-23-43(61)49(65)55-39-19-9-17-37-35(39)15-11-21-41(37)59-27-29-60(30-28-59)42-22-12-16-36-38(42)18-10-20-40(36)56-50(66)44-24-14-26-62(44)52(68)46(32(3)4)58-48(64)34(6)54-8/h11-12,15-16,21-22,31-34,39-40,43-46,53-54H,9-10,13-14,17-20,23-30H2,1-8H3,(H,55,65)(H,56,66)(H,57,63)(H,58,64)/t33?,34?,39-,40-,43+,44+,45?,46?/m1/s1. The molecule has 3 saturated heterocycles. The molecule has 2 aromatic carbocycles. The Balaban J connectivity index is 0.981. The first-order valence-corrected chi connectivity index (χ1v) is 25.5. The lowest BCUT2D eigenvalue weighted by atomic mass is 9.85. The second-order valence-electron chi connectivity index (χ2n) is 20.4. The molecule has 0 saturated carbocycles. The summed E-state index contributed by atoms with van der Waals surface area (Å²) < 4.78 is 0. The molecule has 0 spiro atoms. The van der Waals surface area contributed by atoms with E-state index in [1.54, 1.807) is 37.7 Å². The molecule has 3 fully saturated rings. The molecule has 0 aromatic heterocycles. The molecule has 16 heteroatoms. The molecule has 2 aliphatic carbocycles. The Morgan fingerprint density at radius 1 is 0.515 bits per heavy atom. The number of carbonyl (C=O) groups is 6. The minimum atomic E-state index is -0.713. The number of hydrogen-bond donors (Lipinski definition) is 6. The zero-order valence-corrected chi connectivity index (χ0v) is 41.8. The Morgan fingerprint density at radius 2 is 0.897 bits per heavy atom. The van der Waals surface area contributed by atoms with Crippen LogP contribution in [0.15, 0.2) is 36.4 Å². The summed E-state index contributed by atoms with van der Waals surface area (Å²) >= 11 is 0. The molecule has 7 rings (SSSR count). The number of anilines is 2. The summed E-state index contributed by atoms with van der Waals surface area (Å²) in [6, 6.07) is 9.15. The van der Waals surface area contributed by atoms with Crippen LogP contribution in [0.4, 0.5) is 11.4 Å². The molecule has 4 unspecified atom stereocenters. The Kier molecular flexibility index (Phi) is 16.7. The zero-order chi connectivity index (χ0) is 48.8. The van der Waals surface area contributed by atoms with Crippen molar-refractivity contribution in [3.05, 3.63) is 58.7 Å². The molecule has 5 aliphatic rings. The van der Waals surface area contributed by atoms with Gasteiger partial charge in [0, 0.05) is 50.6 Å². The van der Waals surface area contributed by atoms with E-state index in [1.807, 2.05) is 27.7 Å². The lowest BCUT2D eigenvalue weighted by Gasteiger charge is -2.41. The topological polar surface area (TPSA) is 188 Å². The molecule has 0 radical (unpaired) electrons. The van der Waals surface area contributed by atoms with Gasteiger partial charge in [0.05, 0.1) is 24.2 Å². The van der Waals surface area contributed by atoms with Gasteiger partial charge in [-0.3, -0.25) is 28.8 Å². The van der Waals surface area contributed by atoms with E-state index in [1.165, 1.54) is 22.5 Å². The molecule has 16 nitrogen and oxygen atoms in total. The van der Waals surface area contributed by atoms with Gasteiger partial charge in [0.15, 0.2) is 0 Å². The molecular formula is C52H78N10O6. The van der Waals surface area contributed by atoms with Gasteiger partial charge in [-0.05, 0) is 138 Å². The molecule has 6 N–H and O–H groups in total. The number of nitrogens with zero attached hydrogens (tertiary/aromatic N) is 4. The highest BCUT2D eigenvalue weighted by molar-refractivity contribution is 5.95. The van der Waals surface area contributed by atoms with Crippen molar-refractivity contribution in [3.8, 4) is 0 Å². The number of likely N-dealkylation sites (tertiary alicyclic amines) is 2. The maximum Gasteiger partial charge on any atom is 0.246 e. The predicted molar refractivity (Wildman–Crippen MR) is 265 cm³/mol. The highest BCUT2D eigenvalue weighted by atomic mass is 16.2. The van der Waals surface area contributed by atoms with Gasteiger partial charge >= 0.3 is 0 Å². The van der Waals surface area contributed by atoms with E-state index in [0.717, 1.165) is 88.7 Å². The van der Waals surface area contributed by atoms with Crippen LogP contribution in [0.2, 0.25) is 0 Å². The van der Waals surface area contributed by atoms with E-state index in [-0.39, 0.29) is 59.4 Å². The average Bonchev–Trinajstić information content (AvgIpc) is 4.05. The Bertz CT molecular complexity index is 2010. The highest BCUT2D eigenvalue weighted by Gasteiger charge is 2.42. The first-order chi connectivity index (χ1) is 32.6. The van der Waals surface area contributed by atoms with Crippen molar-refractivity contribution < 1.29 is 28.8 Å². The van der Waals surface area contributed by atoms with Crippen molar-refractivity contribution in [1.29, 1.82) is 0 Å². The molecule has 0 bridgehead atoms. The Morgan fingerprint density at radius 3 is 1.25 bits per heavy atom. The molecular weight excluding hydrogens is 861 g/mol. The number of nitrogens with one attached hydrogen (secondary N) is 6. The zero-order valence-electron chi connectivity index (χ0n) is 41.8. The Hall–Kier alpha value is -5.22. The number of likely N-dealkylation sites (N-methyl/N-ethyl adjacent to an activating group) is 2. The second-order valence-corrected chi connectivity index (χ2v) is 20.4. The van der Waals surface area contributed by atoms with Gasteiger partial charge in [-0.1, -0.05) is 52.0 Å². The normalized spacial score (nSPS) is 23.3. The van der Waals surface area contributed by atoms with E-state index in [0.29, 0.717) is 25.9 Å². The smallest absolute Gasteiger partial charge is 0.246 e. The SMILES string of the molecule is CNC(C)C(=O)NC(C(=O)N1CCC[C@H]1C(=O)N[C@@H]1CCCc2c1cccc2N1CCN(c2cccc3c2CCC[C@H]3NC(=O)[C@@H]2CCCN2C(=O)C(NC(=O)C(C)NC)C(C)C)CC1)C(C)C. The van der Waals surface area contributed by atoms with Crippen LogP contribution in [-0.2, 0) is 41.6 Å². The maximum absolute atomic E-state index is 14.1. The molecule has 68 heavy (non-hydrogen) atoms. The Labute approximate surface area is 403 Å². The largest absolute Gasteiger partial charge is 0.368 e. The second kappa shape index (κ2) is 22.5. The summed E-state index contributed by atoms with van der Waals surface area (Å²) in [5.74, 6) is -1.43. The monoisotopic (exact) mass is 939 g/mol. The van der Waals surface area contributed by atoms with Crippen LogP contribution in [0.5, 0.6) is 0 Å². The number of carbonyl (C=O) groups excluding carboxylic acids is 6. The number of rotatable bonds is 16. The van der Waals surface area contributed by atoms with Crippen LogP contribution in [0, 0.1) is 11.8 Å². The third-order valence-corrected chi connectivity index (χ3v) is 15.3. The first kappa shape index (κ1) is 50.7. The third kappa shape index (κ3) is 11.0. The van der Waals surface area contributed by atoms with E-state index in [2.05, 4.69) is 78.1 Å². The van der Waals surface area contributed by atoms with Crippen molar-refractivity contribution >= 4 is 46.8 Å². The lowest BCUT2D eigenvalue weighted by Crippen LogP contribution is -2.57. The van der Waals surface area contributed by atoms with Gasteiger partial charge in [-0.15, -0.1) is 0 Å². The van der Waals surface area contributed by atoms with E-state index in [4.69, 9.17) is 0 Å². The fourth-order valence-electron chi connectivity index (χ4n) is 11.1. The van der Waals surface area contributed by atoms with E-state index < -0.39 is 36.3 Å². The van der Waals surface area contributed by atoms with E-state index in [9.17, 15) is 28.8 Å². The van der Waals surface area contributed by atoms with Crippen LogP contribution in [0.25, 0.3) is 0 Å². The van der Waals surface area contributed by atoms with Crippen LogP contribution in [0.1, 0.15) is 127 Å². The van der Waals surface area contributed by atoms with Crippen LogP contribution in [-0.4, -0.2) is 135 Å².